The van der Waals surface area contributed by atoms with Crippen LogP contribution in [-0.4, -0.2) is 4.98 Å². The number of aryl methyl sites for hydroxylation is 1. The van der Waals surface area contributed by atoms with Crippen molar-refractivity contribution in [2.45, 2.75) is 6.92 Å². The van der Waals surface area contributed by atoms with Crippen molar-refractivity contribution >= 4 is 10.9 Å². The van der Waals surface area contributed by atoms with Gasteiger partial charge in [0.25, 0.3) is 0 Å². The Kier molecular flexibility index (Phi) is 1.90. The van der Waals surface area contributed by atoms with Crippen LogP contribution >= 0.6 is 0 Å². The maximum atomic E-state index is 12.9. The summed E-state index contributed by atoms with van der Waals surface area (Å²) >= 11 is 0. The SMILES string of the molecule is Cc1cc(F)nc2cccc(C#N)c12. The van der Waals surface area contributed by atoms with Gasteiger partial charge >= 0.3 is 0 Å². The highest BCUT2D eigenvalue weighted by Crippen LogP contribution is 2.20. The second-order valence-corrected chi connectivity index (χ2v) is 3.07. The third-order valence-electron chi connectivity index (χ3n) is 2.12. The van der Waals surface area contributed by atoms with E-state index >= 15 is 0 Å². The standard InChI is InChI=1S/C11H7FN2/c1-7-5-10(12)14-9-4-2-3-8(6-13)11(7)9/h2-5H,1H3. The van der Waals surface area contributed by atoms with Crippen molar-refractivity contribution in [3.8, 4) is 6.07 Å². The second-order valence-electron chi connectivity index (χ2n) is 3.07. The van der Waals surface area contributed by atoms with Gasteiger partial charge in [-0.1, -0.05) is 6.07 Å². The molecule has 1 aromatic carbocycles. The number of hydrogen-bond donors (Lipinski definition) is 0. The van der Waals surface area contributed by atoms with Crippen LogP contribution in [0.5, 0.6) is 0 Å². The minimum atomic E-state index is -0.509. The maximum absolute atomic E-state index is 12.9. The average molecular weight is 186 g/mol. The fourth-order valence-electron chi connectivity index (χ4n) is 1.54. The predicted octanol–water partition coefficient (Wildman–Crippen LogP) is 2.55. The van der Waals surface area contributed by atoms with Crippen molar-refractivity contribution < 1.29 is 4.39 Å². The molecule has 0 N–H and O–H groups in total. The van der Waals surface area contributed by atoms with Crippen LogP contribution in [0.1, 0.15) is 11.1 Å². The number of rotatable bonds is 0. The van der Waals surface area contributed by atoms with Crippen LogP contribution in [0.3, 0.4) is 0 Å². The molecule has 0 unspecified atom stereocenters. The fraction of sp³-hybridized carbons (Fsp3) is 0.0909. The Morgan fingerprint density at radius 1 is 1.43 bits per heavy atom. The highest BCUT2D eigenvalue weighted by atomic mass is 19.1. The number of halogens is 1. The topological polar surface area (TPSA) is 36.7 Å². The zero-order valence-corrected chi connectivity index (χ0v) is 7.58. The van der Waals surface area contributed by atoms with Crippen LogP contribution in [-0.2, 0) is 0 Å². The minimum absolute atomic E-state index is 0.509. The highest BCUT2D eigenvalue weighted by Gasteiger charge is 2.05. The zero-order chi connectivity index (χ0) is 10.1. The molecule has 0 saturated carbocycles. The lowest BCUT2D eigenvalue weighted by Gasteiger charge is -2.02. The van der Waals surface area contributed by atoms with E-state index in [1.807, 2.05) is 0 Å². The Hall–Kier alpha value is -1.95. The summed E-state index contributed by atoms with van der Waals surface area (Å²) < 4.78 is 12.9. The molecule has 0 fully saturated rings. The molecule has 0 bridgehead atoms. The Morgan fingerprint density at radius 2 is 2.21 bits per heavy atom. The van der Waals surface area contributed by atoms with Crippen LogP contribution in [0.4, 0.5) is 4.39 Å². The van der Waals surface area contributed by atoms with Gasteiger partial charge < -0.3 is 0 Å². The summed E-state index contributed by atoms with van der Waals surface area (Å²) in [4.78, 5) is 3.73. The zero-order valence-electron chi connectivity index (χ0n) is 7.58. The van der Waals surface area contributed by atoms with E-state index < -0.39 is 5.95 Å². The van der Waals surface area contributed by atoms with Crippen LogP contribution < -0.4 is 0 Å². The first-order valence-corrected chi connectivity index (χ1v) is 4.18. The van der Waals surface area contributed by atoms with Gasteiger partial charge in [0.05, 0.1) is 17.1 Å². The Morgan fingerprint density at radius 3 is 2.93 bits per heavy atom. The molecule has 0 amide bonds. The van der Waals surface area contributed by atoms with Gasteiger partial charge in [-0.2, -0.15) is 9.65 Å². The molecule has 14 heavy (non-hydrogen) atoms. The van der Waals surface area contributed by atoms with Crippen molar-refractivity contribution in [2.24, 2.45) is 0 Å². The Bertz CT molecular complexity index is 541. The first kappa shape index (κ1) is 8.64. The largest absolute Gasteiger partial charge is 0.220 e. The first-order valence-electron chi connectivity index (χ1n) is 4.18. The average Bonchev–Trinajstić information content (AvgIpc) is 2.16. The van der Waals surface area contributed by atoms with Gasteiger partial charge in [-0.05, 0) is 30.7 Å². The number of benzene rings is 1. The molecule has 68 valence electrons. The van der Waals surface area contributed by atoms with Gasteiger partial charge in [0, 0.05) is 5.39 Å². The molecule has 0 saturated heterocycles. The van der Waals surface area contributed by atoms with E-state index in [0.29, 0.717) is 11.1 Å². The Balaban J connectivity index is 2.96. The van der Waals surface area contributed by atoms with Crippen molar-refractivity contribution in [1.29, 1.82) is 5.26 Å². The summed E-state index contributed by atoms with van der Waals surface area (Å²) in [5.74, 6) is -0.509. The summed E-state index contributed by atoms with van der Waals surface area (Å²) in [6.07, 6.45) is 0. The molecule has 0 atom stereocenters. The molecule has 1 aromatic heterocycles. The van der Waals surface area contributed by atoms with Crippen LogP contribution in [0, 0.1) is 24.2 Å². The molecule has 2 nitrogen and oxygen atoms in total. The lowest BCUT2D eigenvalue weighted by Crippen LogP contribution is -1.90. The van der Waals surface area contributed by atoms with Crippen LogP contribution in [0.25, 0.3) is 10.9 Å². The van der Waals surface area contributed by atoms with Crippen molar-refractivity contribution in [3.05, 3.63) is 41.3 Å². The van der Waals surface area contributed by atoms with Crippen LogP contribution in [0.15, 0.2) is 24.3 Å². The number of pyridine rings is 1. The van der Waals surface area contributed by atoms with E-state index in [1.165, 1.54) is 6.07 Å². The van der Waals surface area contributed by atoms with Gasteiger partial charge in [-0.15, -0.1) is 0 Å². The summed E-state index contributed by atoms with van der Waals surface area (Å²) in [5, 5.41) is 9.59. The smallest absolute Gasteiger partial charge is 0.213 e. The minimum Gasteiger partial charge on any atom is -0.220 e. The number of fused-ring (bicyclic) bond motifs is 1. The lowest BCUT2D eigenvalue weighted by atomic mass is 10.1. The molecule has 3 heteroatoms. The van der Waals surface area contributed by atoms with Gasteiger partial charge in [-0.3, -0.25) is 0 Å². The molecular weight excluding hydrogens is 179 g/mol. The van der Waals surface area contributed by atoms with Gasteiger partial charge in [-0.25, -0.2) is 4.98 Å². The molecule has 0 aliphatic carbocycles. The van der Waals surface area contributed by atoms with E-state index in [1.54, 1.807) is 25.1 Å². The van der Waals surface area contributed by atoms with Gasteiger partial charge in [0.15, 0.2) is 0 Å². The van der Waals surface area contributed by atoms with E-state index in [-0.39, 0.29) is 0 Å². The second kappa shape index (κ2) is 3.08. The number of hydrogen-bond acceptors (Lipinski definition) is 2. The third kappa shape index (κ3) is 1.21. The third-order valence-corrected chi connectivity index (χ3v) is 2.12. The summed E-state index contributed by atoms with van der Waals surface area (Å²) in [6, 6.07) is 8.51. The van der Waals surface area contributed by atoms with Crippen molar-refractivity contribution in [2.75, 3.05) is 0 Å². The van der Waals surface area contributed by atoms with Crippen LogP contribution in [0.2, 0.25) is 0 Å². The summed E-state index contributed by atoms with van der Waals surface area (Å²) in [5.41, 5.74) is 1.80. The van der Waals surface area contributed by atoms with Gasteiger partial charge in [0.1, 0.15) is 0 Å². The molecule has 1 heterocycles. The normalized spacial score (nSPS) is 10.1. The van der Waals surface area contributed by atoms with E-state index in [9.17, 15) is 4.39 Å². The fourth-order valence-corrected chi connectivity index (χ4v) is 1.54. The Labute approximate surface area is 80.6 Å². The van der Waals surface area contributed by atoms with E-state index in [0.717, 1.165) is 10.9 Å². The predicted molar refractivity (Wildman–Crippen MR) is 51.2 cm³/mol. The van der Waals surface area contributed by atoms with E-state index in [2.05, 4.69) is 11.1 Å². The quantitative estimate of drug-likeness (QED) is 0.593. The highest BCUT2D eigenvalue weighted by molar-refractivity contribution is 5.87. The molecule has 2 rings (SSSR count). The molecule has 2 aromatic rings. The number of nitriles is 1. The first-order chi connectivity index (χ1) is 6.72. The monoisotopic (exact) mass is 186 g/mol. The number of aromatic nitrogens is 1. The molecule has 0 aliphatic heterocycles. The molecular formula is C11H7FN2. The molecule has 0 aliphatic rings. The van der Waals surface area contributed by atoms with Gasteiger partial charge in [0.2, 0.25) is 5.95 Å². The van der Waals surface area contributed by atoms with Crippen molar-refractivity contribution in [1.82, 2.24) is 4.98 Å². The summed E-state index contributed by atoms with van der Waals surface area (Å²) in [6.45, 7) is 1.77. The molecule has 0 radical (unpaired) electrons. The summed E-state index contributed by atoms with van der Waals surface area (Å²) in [7, 11) is 0. The van der Waals surface area contributed by atoms with E-state index in [4.69, 9.17) is 5.26 Å². The number of nitrogens with zero attached hydrogens (tertiary/aromatic N) is 2. The van der Waals surface area contributed by atoms with Crippen molar-refractivity contribution in [3.63, 3.8) is 0 Å². The maximum Gasteiger partial charge on any atom is 0.213 e. The molecule has 0 spiro atoms. The lowest BCUT2D eigenvalue weighted by molar-refractivity contribution is 0.588.